The molecule has 6 N–H and O–H groups in total. The summed E-state index contributed by atoms with van der Waals surface area (Å²) in [5.74, 6) is 6.11. The van der Waals surface area contributed by atoms with Crippen molar-refractivity contribution in [2.24, 2.45) is 27.4 Å². The summed E-state index contributed by atoms with van der Waals surface area (Å²) in [6.45, 7) is 0.242. The zero-order valence-corrected chi connectivity index (χ0v) is 12.0. The third-order valence-corrected chi connectivity index (χ3v) is 2.82. The van der Waals surface area contributed by atoms with E-state index < -0.39 is 0 Å². The van der Waals surface area contributed by atoms with E-state index in [-0.39, 0.29) is 12.5 Å². The molecular weight excluding hydrogens is 274 g/mol. The van der Waals surface area contributed by atoms with Gasteiger partial charge in [0.1, 0.15) is 0 Å². The van der Waals surface area contributed by atoms with Crippen molar-refractivity contribution in [3.8, 4) is 11.8 Å². The predicted molar refractivity (Wildman–Crippen MR) is 90.3 cm³/mol. The number of hydrogen-bond acceptors (Lipinski definition) is 3. The van der Waals surface area contributed by atoms with Gasteiger partial charge in [0.05, 0.1) is 5.71 Å². The van der Waals surface area contributed by atoms with E-state index in [1.165, 1.54) is 0 Å². The van der Waals surface area contributed by atoms with Crippen molar-refractivity contribution in [3.63, 3.8) is 0 Å². The van der Waals surface area contributed by atoms with E-state index in [0.29, 0.717) is 5.71 Å². The molecule has 2 aromatic rings. The molecule has 2 aromatic carbocycles. The van der Waals surface area contributed by atoms with Crippen LogP contribution in [0.3, 0.4) is 0 Å². The molecule has 0 atom stereocenters. The van der Waals surface area contributed by atoms with Gasteiger partial charge < -0.3 is 17.2 Å². The lowest BCUT2D eigenvalue weighted by Gasteiger charge is -2.02. The second-order valence-electron chi connectivity index (χ2n) is 4.47. The van der Waals surface area contributed by atoms with Gasteiger partial charge in [-0.15, -0.1) is 5.10 Å². The molecule has 5 heteroatoms. The molecule has 0 saturated heterocycles. The van der Waals surface area contributed by atoms with Gasteiger partial charge in [-0.1, -0.05) is 42.2 Å². The second-order valence-corrected chi connectivity index (χ2v) is 4.47. The SMILES string of the molecule is NC/C(=N\N=C(N)N)c1ccc(C#Cc2ccccc2)cc1. The Labute approximate surface area is 129 Å². The van der Waals surface area contributed by atoms with Crippen LogP contribution in [0.15, 0.2) is 64.8 Å². The number of nitrogens with two attached hydrogens (primary N) is 3. The van der Waals surface area contributed by atoms with E-state index >= 15 is 0 Å². The van der Waals surface area contributed by atoms with Crippen molar-refractivity contribution in [2.45, 2.75) is 0 Å². The minimum atomic E-state index is -0.101. The summed E-state index contributed by atoms with van der Waals surface area (Å²) >= 11 is 0. The number of benzene rings is 2. The Morgan fingerprint density at radius 2 is 1.41 bits per heavy atom. The van der Waals surface area contributed by atoms with Crippen LogP contribution in [0.1, 0.15) is 16.7 Å². The highest BCUT2D eigenvalue weighted by atomic mass is 15.3. The first kappa shape index (κ1) is 15.3. The Bertz CT molecular complexity index is 730. The maximum Gasteiger partial charge on any atom is 0.211 e. The molecule has 110 valence electrons. The second kappa shape index (κ2) is 7.62. The molecule has 0 radical (unpaired) electrons. The Balaban J connectivity index is 2.19. The molecule has 0 fully saturated rings. The van der Waals surface area contributed by atoms with Gasteiger partial charge in [-0.05, 0) is 29.8 Å². The van der Waals surface area contributed by atoms with Crippen molar-refractivity contribution in [2.75, 3.05) is 6.54 Å². The fraction of sp³-hybridized carbons (Fsp3) is 0.0588. The summed E-state index contributed by atoms with van der Waals surface area (Å²) in [4.78, 5) is 0. The van der Waals surface area contributed by atoms with Gasteiger partial charge in [0.25, 0.3) is 0 Å². The van der Waals surface area contributed by atoms with E-state index in [2.05, 4.69) is 22.0 Å². The molecule has 0 aromatic heterocycles. The van der Waals surface area contributed by atoms with Crippen molar-refractivity contribution < 1.29 is 0 Å². The van der Waals surface area contributed by atoms with Crippen LogP contribution in [0.5, 0.6) is 0 Å². The molecule has 5 nitrogen and oxygen atoms in total. The number of guanidine groups is 1. The average molecular weight is 291 g/mol. The summed E-state index contributed by atoms with van der Waals surface area (Å²) in [5.41, 5.74) is 19.5. The van der Waals surface area contributed by atoms with Crippen LogP contribution in [-0.2, 0) is 0 Å². The molecule has 0 aliphatic heterocycles. The van der Waals surface area contributed by atoms with E-state index in [0.717, 1.165) is 16.7 Å². The first-order valence-corrected chi connectivity index (χ1v) is 6.72. The van der Waals surface area contributed by atoms with E-state index in [4.69, 9.17) is 17.2 Å². The lowest BCUT2D eigenvalue weighted by Crippen LogP contribution is -2.23. The smallest absolute Gasteiger partial charge is 0.211 e. The topological polar surface area (TPSA) is 103 Å². The Kier molecular flexibility index (Phi) is 5.30. The van der Waals surface area contributed by atoms with Crippen molar-refractivity contribution in [1.82, 2.24) is 0 Å². The first-order chi connectivity index (χ1) is 10.7. The van der Waals surface area contributed by atoms with E-state index in [1.807, 2.05) is 54.6 Å². The lowest BCUT2D eigenvalue weighted by atomic mass is 10.1. The highest BCUT2D eigenvalue weighted by Crippen LogP contribution is 2.06. The van der Waals surface area contributed by atoms with Gasteiger partial charge in [-0.2, -0.15) is 5.10 Å². The molecule has 0 aliphatic carbocycles. The molecule has 22 heavy (non-hydrogen) atoms. The molecule has 0 saturated carbocycles. The number of rotatable bonds is 3. The summed E-state index contributed by atoms with van der Waals surface area (Å²) in [7, 11) is 0. The average Bonchev–Trinajstić information content (AvgIpc) is 2.55. The molecule has 0 heterocycles. The van der Waals surface area contributed by atoms with Gasteiger partial charge in [-0.25, -0.2) is 0 Å². The van der Waals surface area contributed by atoms with Crippen molar-refractivity contribution >= 4 is 11.7 Å². The Morgan fingerprint density at radius 1 is 0.818 bits per heavy atom. The maximum absolute atomic E-state index is 5.65. The Hall–Kier alpha value is -3.10. The highest BCUT2D eigenvalue weighted by Gasteiger charge is 2.01. The molecule has 0 spiro atoms. The van der Waals surface area contributed by atoms with Crippen LogP contribution in [0.4, 0.5) is 0 Å². The number of nitrogens with zero attached hydrogens (tertiary/aromatic N) is 2. The van der Waals surface area contributed by atoms with Crippen LogP contribution in [0.25, 0.3) is 0 Å². The highest BCUT2D eigenvalue weighted by molar-refractivity contribution is 6.02. The monoisotopic (exact) mass is 291 g/mol. The summed E-state index contributed by atoms with van der Waals surface area (Å²) in [6, 6.07) is 17.4. The molecule has 0 aliphatic rings. The quantitative estimate of drug-likeness (QED) is 0.340. The standard InChI is InChI=1S/C17H17N5/c18-12-16(21-22-17(19)20)15-10-8-14(9-11-15)7-6-13-4-2-1-3-5-13/h1-5,8-11H,12,18H2,(H4,19,20,22)/b21-16+. The van der Waals surface area contributed by atoms with Crippen LogP contribution < -0.4 is 17.2 Å². The first-order valence-electron chi connectivity index (χ1n) is 6.72. The maximum atomic E-state index is 5.65. The number of hydrogen-bond donors (Lipinski definition) is 3. The van der Waals surface area contributed by atoms with Crippen molar-refractivity contribution in [1.29, 1.82) is 0 Å². The van der Waals surface area contributed by atoms with Gasteiger partial charge in [0.2, 0.25) is 5.96 Å². The van der Waals surface area contributed by atoms with Crippen LogP contribution >= 0.6 is 0 Å². The third kappa shape index (κ3) is 4.47. The minimum absolute atomic E-state index is 0.101. The lowest BCUT2D eigenvalue weighted by molar-refractivity contribution is 1.16. The van der Waals surface area contributed by atoms with Gasteiger partial charge in [0, 0.05) is 17.7 Å². The normalized spacial score (nSPS) is 10.5. The largest absolute Gasteiger partial charge is 0.369 e. The Morgan fingerprint density at radius 3 is 1.95 bits per heavy atom. The molecule has 0 unspecified atom stereocenters. The zero-order valence-electron chi connectivity index (χ0n) is 12.0. The molecular formula is C17H17N5. The van der Waals surface area contributed by atoms with Crippen LogP contribution in [-0.4, -0.2) is 18.2 Å². The molecule has 0 bridgehead atoms. The fourth-order valence-electron chi connectivity index (χ4n) is 1.75. The predicted octanol–water partition coefficient (Wildman–Crippen LogP) is 1.02. The van der Waals surface area contributed by atoms with Gasteiger partial charge in [-0.3, -0.25) is 0 Å². The van der Waals surface area contributed by atoms with E-state index in [1.54, 1.807) is 0 Å². The van der Waals surface area contributed by atoms with Crippen LogP contribution in [0, 0.1) is 11.8 Å². The van der Waals surface area contributed by atoms with E-state index in [9.17, 15) is 0 Å². The minimum Gasteiger partial charge on any atom is -0.369 e. The summed E-state index contributed by atoms with van der Waals surface area (Å²) in [6.07, 6.45) is 0. The zero-order chi connectivity index (χ0) is 15.8. The molecule has 0 amide bonds. The fourth-order valence-corrected chi connectivity index (χ4v) is 1.75. The molecule has 2 rings (SSSR count). The van der Waals surface area contributed by atoms with Gasteiger partial charge in [0.15, 0.2) is 0 Å². The third-order valence-electron chi connectivity index (χ3n) is 2.82. The summed E-state index contributed by atoms with van der Waals surface area (Å²) in [5, 5.41) is 7.55. The van der Waals surface area contributed by atoms with Crippen molar-refractivity contribution in [3.05, 3.63) is 71.3 Å². The van der Waals surface area contributed by atoms with Gasteiger partial charge >= 0.3 is 0 Å². The van der Waals surface area contributed by atoms with Crippen LogP contribution in [0.2, 0.25) is 0 Å². The summed E-state index contributed by atoms with van der Waals surface area (Å²) < 4.78 is 0.